The van der Waals surface area contributed by atoms with Crippen molar-refractivity contribution < 1.29 is 32.2 Å². The Hall–Kier alpha value is -2.17. The Morgan fingerprint density at radius 3 is 2.53 bits per heavy atom. The number of nitrogens with zero attached hydrogens (tertiary/aromatic N) is 1. The first-order valence-corrected chi connectivity index (χ1v) is 12.5. The summed E-state index contributed by atoms with van der Waals surface area (Å²) in [7, 11) is -2.52. The number of carbonyl (C=O) groups excluding carboxylic acids is 2. The second-order valence-electron chi connectivity index (χ2n) is 8.31. The Morgan fingerprint density at radius 2 is 1.88 bits per heavy atom. The van der Waals surface area contributed by atoms with Gasteiger partial charge in [-0.25, -0.2) is 13.2 Å². The zero-order valence-electron chi connectivity index (χ0n) is 18.8. The van der Waals surface area contributed by atoms with Gasteiger partial charge in [-0.15, -0.1) is 0 Å². The molecule has 1 saturated carbocycles. The number of benzene rings is 1. The molecule has 0 bridgehead atoms. The molecule has 10 heteroatoms. The van der Waals surface area contributed by atoms with Gasteiger partial charge in [-0.1, -0.05) is 19.8 Å². The highest BCUT2D eigenvalue weighted by Gasteiger charge is 2.31. The average molecular weight is 469 g/mol. The zero-order chi connectivity index (χ0) is 23.3. The van der Waals surface area contributed by atoms with Crippen LogP contribution in [0.3, 0.4) is 0 Å². The molecule has 1 aliphatic heterocycles. The molecule has 1 heterocycles. The number of carbonyl (C=O) groups is 2. The molecule has 178 valence electrons. The number of sulfonamides is 1. The van der Waals surface area contributed by atoms with Gasteiger partial charge in [-0.05, 0) is 43.9 Å². The van der Waals surface area contributed by atoms with Crippen molar-refractivity contribution in [3.63, 3.8) is 0 Å². The van der Waals surface area contributed by atoms with Crippen molar-refractivity contribution in [3.8, 4) is 5.75 Å². The van der Waals surface area contributed by atoms with Gasteiger partial charge in [-0.3, -0.25) is 4.79 Å². The maximum absolute atomic E-state index is 13.1. The predicted octanol–water partition coefficient (Wildman–Crippen LogP) is 1.96. The molecule has 1 aliphatic carbocycles. The summed E-state index contributed by atoms with van der Waals surface area (Å²) in [5.41, 5.74) is 0.0309. The fourth-order valence-electron chi connectivity index (χ4n) is 4.04. The normalized spacial score (nSPS) is 23.2. The SMILES string of the molecule is COc1ccc(C(=O)O[C@H](C)C(=O)N[C@@H]2CCCC[C@@H]2C)cc1S(=O)(=O)N1CCOCC1. The van der Waals surface area contributed by atoms with Crippen molar-refractivity contribution in [2.45, 2.75) is 56.6 Å². The fraction of sp³-hybridized carbons (Fsp3) is 0.636. The highest BCUT2D eigenvalue weighted by molar-refractivity contribution is 7.89. The van der Waals surface area contributed by atoms with E-state index in [1.54, 1.807) is 0 Å². The Balaban J connectivity index is 1.72. The van der Waals surface area contributed by atoms with Crippen LogP contribution in [0.15, 0.2) is 23.1 Å². The van der Waals surface area contributed by atoms with Crippen molar-refractivity contribution in [2.24, 2.45) is 5.92 Å². The summed E-state index contributed by atoms with van der Waals surface area (Å²) >= 11 is 0. The number of morpholine rings is 1. The van der Waals surface area contributed by atoms with Crippen LogP contribution in [-0.2, 0) is 24.3 Å². The third kappa shape index (κ3) is 5.60. The second-order valence-corrected chi connectivity index (χ2v) is 10.2. The molecule has 1 aromatic rings. The number of amides is 1. The fourth-order valence-corrected chi connectivity index (χ4v) is 5.63. The molecule has 1 aromatic carbocycles. The van der Waals surface area contributed by atoms with Crippen LogP contribution >= 0.6 is 0 Å². The van der Waals surface area contributed by atoms with Gasteiger partial charge < -0.3 is 19.5 Å². The molecular weight excluding hydrogens is 436 g/mol. The van der Waals surface area contributed by atoms with E-state index in [9.17, 15) is 18.0 Å². The maximum Gasteiger partial charge on any atom is 0.338 e. The quantitative estimate of drug-likeness (QED) is 0.609. The molecule has 0 aromatic heterocycles. The van der Waals surface area contributed by atoms with E-state index in [0.29, 0.717) is 19.1 Å². The molecule has 0 unspecified atom stereocenters. The summed E-state index contributed by atoms with van der Waals surface area (Å²) in [4.78, 5) is 25.1. The molecule has 3 rings (SSSR count). The van der Waals surface area contributed by atoms with Gasteiger partial charge in [-0.2, -0.15) is 4.31 Å². The number of hydrogen-bond donors (Lipinski definition) is 1. The van der Waals surface area contributed by atoms with Crippen molar-refractivity contribution in [1.29, 1.82) is 0 Å². The van der Waals surface area contributed by atoms with Crippen LogP contribution in [-0.4, -0.2) is 70.2 Å². The Morgan fingerprint density at radius 1 is 1.19 bits per heavy atom. The van der Waals surface area contributed by atoms with Crippen molar-refractivity contribution >= 4 is 21.9 Å². The van der Waals surface area contributed by atoms with Crippen molar-refractivity contribution in [2.75, 3.05) is 33.4 Å². The first-order chi connectivity index (χ1) is 15.2. The molecule has 1 N–H and O–H groups in total. The van der Waals surface area contributed by atoms with E-state index in [4.69, 9.17) is 14.2 Å². The minimum absolute atomic E-state index is 0.0309. The van der Waals surface area contributed by atoms with E-state index in [1.165, 1.54) is 36.5 Å². The van der Waals surface area contributed by atoms with Crippen LogP contribution in [0.5, 0.6) is 5.75 Å². The van der Waals surface area contributed by atoms with Gasteiger partial charge in [0.2, 0.25) is 10.0 Å². The molecule has 1 saturated heterocycles. The van der Waals surface area contributed by atoms with Crippen molar-refractivity contribution in [1.82, 2.24) is 9.62 Å². The number of methoxy groups -OCH3 is 1. The van der Waals surface area contributed by atoms with E-state index in [1.807, 2.05) is 0 Å². The maximum atomic E-state index is 13.1. The third-order valence-electron chi connectivity index (χ3n) is 6.08. The number of hydrogen-bond acceptors (Lipinski definition) is 7. The molecular formula is C22H32N2O7S. The zero-order valence-corrected chi connectivity index (χ0v) is 19.7. The highest BCUT2D eigenvalue weighted by atomic mass is 32.2. The lowest BCUT2D eigenvalue weighted by Gasteiger charge is -2.30. The first kappa shape index (κ1) is 24.5. The van der Waals surface area contributed by atoms with Crippen LogP contribution < -0.4 is 10.1 Å². The molecule has 0 spiro atoms. The van der Waals surface area contributed by atoms with E-state index in [2.05, 4.69) is 12.2 Å². The predicted molar refractivity (Wildman–Crippen MR) is 117 cm³/mol. The molecule has 32 heavy (non-hydrogen) atoms. The topological polar surface area (TPSA) is 111 Å². The number of esters is 1. The number of nitrogens with one attached hydrogen (secondary N) is 1. The smallest absolute Gasteiger partial charge is 0.338 e. The highest BCUT2D eigenvalue weighted by Crippen LogP contribution is 2.29. The van der Waals surface area contributed by atoms with Gasteiger partial charge in [0.25, 0.3) is 5.91 Å². The molecule has 2 fully saturated rings. The van der Waals surface area contributed by atoms with E-state index in [-0.39, 0.29) is 41.2 Å². The van der Waals surface area contributed by atoms with Crippen LogP contribution in [0.4, 0.5) is 0 Å². The largest absolute Gasteiger partial charge is 0.495 e. The summed E-state index contributed by atoms with van der Waals surface area (Å²) in [5, 5.41) is 2.97. The lowest BCUT2D eigenvalue weighted by molar-refractivity contribution is -0.130. The van der Waals surface area contributed by atoms with Gasteiger partial charge >= 0.3 is 5.97 Å². The Kier molecular flexibility index (Phi) is 8.13. The van der Waals surface area contributed by atoms with Gasteiger partial charge in [0.05, 0.1) is 25.9 Å². The molecule has 2 aliphatic rings. The summed E-state index contributed by atoms with van der Waals surface area (Å²) in [6, 6.07) is 4.15. The Bertz CT molecular complexity index is 928. The van der Waals surface area contributed by atoms with Crippen LogP contribution in [0.25, 0.3) is 0 Å². The average Bonchev–Trinajstić information content (AvgIpc) is 2.80. The van der Waals surface area contributed by atoms with Gasteiger partial charge in [0.15, 0.2) is 6.10 Å². The monoisotopic (exact) mass is 468 g/mol. The lowest BCUT2D eigenvalue weighted by Crippen LogP contribution is -2.46. The molecule has 9 nitrogen and oxygen atoms in total. The minimum atomic E-state index is -3.89. The minimum Gasteiger partial charge on any atom is -0.495 e. The van der Waals surface area contributed by atoms with Crippen molar-refractivity contribution in [3.05, 3.63) is 23.8 Å². The molecule has 3 atom stereocenters. The number of rotatable bonds is 7. The van der Waals surface area contributed by atoms with E-state index >= 15 is 0 Å². The summed E-state index contributed by atoms with van der Waals surface area (Å²) in [6.07, 6.45) is 3.19. The van der Waals surface area contributed by atoms with E-state index < -0.39 is 22.1 Å². The Labute approximate surface area is 189 Å². The first-order valence-electron chi connectivity index (χ1n) is 11.0. The van der Waals surface area contributed by atoms with Crippen LogP contribution in [0.2, 0.25) is 0 Å². The molecule has 0 radical (unpaired) electrons. The van der Waals surface area contributed by atoms with Gasteiger partial charge in [0, 0.05) is 19.1 Å². The van der Waals surface area contributed by atoms with Crippen LogP contribution in [0.1, 0.15) is 49.9 Å². The third-order valence-corrected chi connectivity index (χ3v) is 8.00. The second kappa shape index (κ2) is 10.6. The molecule has 1 amide bonds. The lowest BCUT2D eigenvalue weighted by atomic mass is 9.86. The summed E-state index contributed by atoms with van der Waals surface area (Å²) in [6.45, 7) is 4.66. The van der Waals surface area contributed by atoms with E-state index in [0.717, 1.165) is 25.7 Å². The summed E-state index contributed by atoms with van der Waals surface area (Å²) in [5.74, 6) is -0.618. The standard InChI is InChI=1S/C22H32N2O7S/c1-15-6-4-5-7-18(15)23-21(25)16(2)31-22(26)17-8-9-19(29-3)20(14-17)32(27,28)24-10-12-30-13-11-24/h8-9,14-16,18H,4-7,10-13H2,1-3H3,(H,23,25)/t15-,16+,18+/m0/s1. The number of ether oxygens (including phenoxy) is 3. The summed E-state index contributed by atoms with van der Waals surface area (Å²) < 4.78 is 43.3. The van der Waals surface area contributed by atoms with Crippen LogP contribution in [0, 0.1) is 5.92 Å². The van der Waals surface area contributed by atoms with Gasteiger partial charge in [0.1, 0.15) is 10.6 Å².